The van der Waals surface area contributed by atoms with Crippen molar-refractivity contribution in [3.8, 4) is 0 Å². The van der Waals surface area contributed by atoms with Crippen LogP contribution < -0.4 is 5.43 Å². The molecule has 2 unspecified atom stereocenters. The molecule has 0 heterocycles. The topological polar surface area (TPSA) is 86.3 Å². The van der Waals surface area contributed by atoms with Crippen LogP contribution in [-0.2, 0) is 27.2 Å². The van der Waals surface area contributed by atoms with Crippen LogP contribution in [0.25, 0.3) is 0 Å². The number of hydrazine groups is 1. The Hall–Kier alpha value is 0.220. The van der Waals surface area contributed by atoms with Gasteiger partial charge in [0.25, 0.3) is 0 Å². The first kappa shape index (κ1) is 24.2. The monoisotopic (exact) mass is 388 g/mol. The quantitative estimate of drug-likeness (QED) is 0.356. The van der Waals surface area contributed by atoms with Crippen molar-refractivity contribution in [3.63, 3.8) is 0 Å². The molecule has 0 aromatic carbocycles. The highest BCUT2D eigenvalue weighted by atomic mass is 31.2. The van der Waals surface area contributed by atoms with Gasteiger partial charge in [0.15, 0.2) is 0 Å². The molecule has 2 atom stereocenters. The van der Waals surface area contributed by atoms with Gasteiger partial charge in [0.2, 0.25) is 0 Å². The van der Waals surface area contributed by atoms with Crippen LogP contribution in [0.3, 0.4) is 0 Å². The molecule has 0 aromatic heterocycles. The molecule has 0 spiro atoms. The van der Waals surface area contributed by atoms with Crippen molar-refractivity contribution in [2.45, 2.75) is 52.5 Å². The SMILES string of the molecule is CCOP(=O)(OCC)C(C)CC(NN(C)C)P(=O)(OCC)OCC. The molecule has 0 saturated heterocycles. The summed E-state index contributed by atoms with van der Waals surface area (Å²) < 4.78 is 47.7. The molecule has 0 aliphatic carbocycles. The maximum atomic E-state index is 13.1. The molecule has 24 heavy (non-hydrogen) atoms. The summed E-state index contributed by atoms with van der Waals surface area (Å²) in [5, 5.41) is 1.67. The van der Waals surface area contributed by atoms with Crippen molar-refractivity contribution in [3.05, 3.63) is 0 Å². The number of nitrogens with one attached hydrogen (secondary N) is 1. The average Bonchev–Trinajstić information content (AvgIpc) is 2.47. The molecule has 0 fully saturated rings. The second-order valence-corrected chi connectivity index (χ2v) is 10.1. The minimum atomic E-state index is -3.43. The number of hydrogen-bond donors (Lipinski definition) is 1. The summed E-state index contributed by atoms with van der Waals surface area (Å²) in [6.07, 6.45) is 0.257. The second kappa shape index (κ2) is 11.8. The zero-order valence-electron chi connectivity index (χ0n) is 16.0. The van der Waals surface area contributed by atoms with Gasteiger partial charge < -0.3 is 18.1 Å². The van der Waals surface area contributed by atoms with E-state index in [1.807, 2.05) is 0 Å². The van der Waals surface area contributed by atoms with Gasteiger partial charge in [-0.1, -0.05) is 6.92 Å². The maximum Gasteiger partial charge on any atom is 0.348 e. The van der Waals surface area contributed by atoms with E-state index in [0.717, 1.165) is 0 Å². The van der Waals surface area contributed by atoms with E-state index in [1.54, 1.807) is 53.7 Å². The zero-order valence-corrected chi connectivity index (χ0v) is 17.8. The van der Waals surface area contributed by atoms with E-state index >= 15 is 0 Å². The Bertz CT molecular complexity index is 415. The minimum Gasteiger partial charge on any atom is -0.309 e. The molecule has 0 radical (unpaired) electrons. The molecule has 0 saturated carbocycles. The van der Waals surface area contributed by atoms with Gasteiger partial charge in [-0.05, 0) is 34.1 Å². The molecule has 0 aliphatic heterocycles. The Morgan fingerprint density at radius 3 is 1.54 bits per heavy atom. The minimum absolute atomic E-state index is 0.256. The van der Waals surface area contributed by atoms with E-state index in [2.05, 4.69) is 5.43 Å². The van der Waals surface area contributed by atoms with Gasteiger partial charge in [0.1, 0.15) is 5.78 Å². The summed E-state index contributed by atoms with van der Waals surface area (Å²) in [5.74, 6) is -0.656. The highest BCUT2D eigenvalue weighted by molar-refractivity contribution is 7.55. The first-order chi connectivity index (χ1) is 11.2. The Kier molecular flexibility index (Phi) is 11.9. The van der Waals surface area contributed by atoms with Crippen LogP contribution >= 0.6 is 15.2 Å². The standard InChI is InChI=1S/C14H34N2O6P2/c1-8-19-23(17,20-9-2)13(5)12-14(15-16(6)7)24(18,21-10-3)22-11-4/h13-15H,8-12H2,1-7H3. The van der Waals surface area contributed by atoms with Gasteiger partial charge >= 0.3 is 15.2 Å². The molecular weight excluding hydrogens is 354 g/mol. The zero-order chi connectivity index (χ0) is 18.8. The molecule has 1 N–H and O–H groups in total. The van der Waals surface area contributed by atoms with Crippen LogP contribution in [0.15, 0.2) is 0 Å². The predicted octanol–water partition coefficient (Wildman–Crippen LogP) is 3.69. The highest BCUT2D eigenvalue weighted by Crippen LogP contribution is 2.59. The van der Waals surface area contributed by atoms with E-state index in [9.17, 15) is 9.13 Å². The molecule has 10 heteroatoms. The molecule has 8 nitrogen and oxygen atoms in total. The lowest BCUT2D eigenvalue weighted by atomic mass is 10.3. The van der Waals surface area contributed by atoms with Crippen molar-refractivity contribution in [1.29, 1.82) is 0 Å². The molecule has 0 bridgehead atoms. The first-order valence-corrected chi connectivity index (χ1v) is 11.6. The lowest BCUT2D eigenvalue weighted by Crippen LogP contribution is -2.42. The van der Waals surface area contributed by atoms with Gasteiger partial charge in [0.05, 0.1) is 32.1 Å². The highest BCUT2D eigenvalue weighted by Gasteiger charge is 2.42. The molecule has 0 amide bonds. The maximum absolute atomic E-state index is 13.1. The summed E-state index contributed by atoms with van der Waals surface area (Å²) in [6, 6.07) is 0. The molecule has 0 aliphatic rings. The van der Waals surface area contributed by atoms with E-state index in [1.165, 1.54) is 0 Å². The van der Waals surface area contributed by atoms with Crippen molar-refractivity contribution in [2.75, 3.05) is 40.5 Å². The predicted molar refractivity (Wildman–Crippen MR) is 96.4 cm³/mol. The lowest BCUT2D eigenvalue weighted by Gasteiger charge is -2.32. The van der Waals surface area contributed by atoms with Gasteiger partial charge in [-0.3, -0.25) is 9.13 Å². The smallest absolute Gasteiger partial charge is 0.309 e. The fourth-order valence-corrected chi connectivity index (χ4v) is 6.27. The second-order valence-electron chi connectivity index (χ2n) is 5.37. The molecule has 0 rings (SSSR count). The first-order valence-electron chi connectivity index (χ1n) is 8.40. The van der Waals surface area contributed by atoms with Crippen LogP contribution in [0.1, 0.15) is 41.0 Å². The van der Waals surface area contributed by atoms with Crippen molar-refractivity contribution in [1.82, 2.24) is 10.4 Å². The number of hydrogen-bond acceptors (Lipinski definition) is 8. The van der Waals surface area contributed by atoms with Crippen molar-refractivity contribution < 1.29 is 27.2 Å². The largest absolute Gasteiger partial charge is 0.348 e. The molecule has 146 valence electrons. The number of nitrogens with zero attached hydrogens (tertiary/aromatic N) is 1. The van der Waals surface area contributed by atoms with Crippen molar-refractivity contribution >= 4 is 15.2 Å². The fourth-order valence-electron chi connectivity index (χ4n) is 2.23. The third-order valence-corrected chi connectivity index (χ3v) is 7.98. The third-order valence-electron chi connectivity index (χ3n) is 3.13. The Labute approximate surface area is 146 Å². The van der Waals surface area contributed by atoms with E-state index in [4.69, 9.17) is 18.1 Å². The Morgan fingerprint density at radius 2 is 1.21 bits per heavy atom. The molecule has 0 aromatic rings. The Morgan fingerprint density at radius 1 is 0.833 bits per heavy atom. The fraction of sp³-hybridized carbons (Fsp3) is 1.00. The van der Waals surface area contributed by atoms with Gasteiger partial charge in [0, 0.05) is 14.1 Å². The lowest BCUT2D eigenvalue weighted by molar-refractivity contribution is 0.176. The van der Waals surface area contributed by atoms with Gasteiger partial charge in [-0.15, -0.1) is 0 Å². The van der Waals surface area contributed by atoms with Gasteiger partial charge in [-0.25, -0.2) is 10.4 Å². The van der Waals surface area contributed by atoms with Crippen LogP contribution in [0.4, 0.5) is 0 Å². The summed E-state index contributed by atoms with van der Waals surface area (Å²) >= 11 is 0. The Balaban J connectivity index is 5.44. The average molecular weight is 388 g/mol. The summed E-state index contributed by atoms with van der Waals surface area (Å²) in [6.45, 7) is 9.87. The normalized spacial score (nSPS) is 15.7. The number of rotatable bonds is 14. The van der Waals surface area contributed by atoms with Crippen LogP contribution in [0.2, 0.25) is 0 Å². The summed E-state index contributed by atoms with van der Waals surface area (Å²) in [7, 11) is -3.17. The van der Waals surface area contributed by atoms with Crippen LogP contribution in [-0.4, -0.2) is 57.0 Å². The van der Waals surface area contributed by atoms with Crippen molar-refractivity contribution in [2.24, 2.45) is 0 Å². The van der Waals surface area contributed by atoms with E-state index in [-0.39, 0.29) is 32.8 Å². The van der Waals surface area contributed by atoms with Gasteiger partial charge in [-0.2, -0.15) is 0 Å². The van der Waals surface area contributed by atoms with E-state index < -0.39 is 26.6 Å². The third kappa shape index (κ3) is 7.63. The summed E-state index contributed by atoms with van der Waals surface area (Å²) in [4.78, 5) is 0. The van der Waals surface area contributed by atoms with Crippen LogP contribution in [0.5, 0.6) is 0 Å². The summed E-state index contributed by atoms with van der Waals surface area (Å²) in [5.41, 5.74) is 2.60. The van der Waals surface area contributed by atoms with E-state index in [0.29, 0.717) is 0 Å². The molecular formula is C14H34N2O6P2. The van der Waals surface area contributed by atoms with Crippen LogP contribution in [0, 0.1) is 0 Å².